The van der Waals surface area contributed by atoms with E-state index in [2.05, 4.69) is 52.2 Å². The lowest BCUT2D eigenvalue weighted by molar-refractivity contribution is -0.679. The lowest BCUT2D eigenvalue weighted by atomic mass is 9.77. The highest BCUT2D eigenvalue weighted by Gasteiger charge is 2.53. The number of carbonyl (C=O) groups excluding carboxylic acids is 4. The third-order valence-corrected chi connectivity index (χ3v) is 13.0. The maximum atomic E-state index is 13.9. The zero-order chi connectivity index (χ0) is 43.1. The average Bonchev–Trinajstić information content (AvgIpc) is 3.80. The lowest BCUT2D eigenvalue weighted by Crippen LogP contribution is -3.00. The van der Waals surface area contributed by atoms with Crippen molar-refractivity contribution in [2.45, 2.75) is 21.9 Å². The third-order valence-electron chi connectivity index (χ3n) is 10.3. The molecule has 1 fully saturated rings. The Bertz CT molecular complexity index is 2520. The quantitative estimate of drug-likeness (QED) is 0.0181. The number of hydrogen-bond acceptors (Lipinski definition) is 12. The molecule has 4 aromatic carbocycles. The number of oxime groups is 1. The number of benzene rings is 4. The number of amides is 3. The number of ether oxygens (including phenoxy) is 1. The van der Waals surface area contributed by atoms with Crippen molar-refractivity contribution in [1.82, 2.24) is 15.2 Å². The first-order chi connectivity index (χ1) is 30.3. The number of esters is 1. The van der Waals surface area contributed by atoms with Crippen molar-refractivity contribution in [3.8, 4) is 0 Å². The molecule has 4 heterocycles. The molecule has 3 amide bonds. The summed E-state index contributed by atoms with van der Waals surface area (Å²) in [6.07, 6.45) is 5.13. The molecule has 2 aliphatic rings. The van der Waals surface area contributed by atoms with Crippen molar-refractivity contribution >= 4 is 69.4 Å². The topological polar surface area (TPSA) is 146 Å². The van der Waals surface area contributed by atoms with Gasteiger partial charge < -0.3 is 44.2 Å². The molecule has 0 bridgehead atoms. The van der Waals surface area contributed by atoms with Gasteiger partial charge in [0, 0.05) is 33.7 Å². The van der Waals surface area contributed by atoms with Crippen LogP contribution in [0.25, 0.3) is 0 Å². The number of nitrogens with zero attached hydrogens (tertiary/aromatic N) is 5. The van der Waals surface area contributed by atoms with Crippen molar-refractivity contribution in [1.29, 1.82) is 0 Å². The normalized spacial score (nSPS) is 15.7. The number of thioether (sulfide) groups is 2. The molecule has 320 valence electrons. The SMILES string of the molecule is CO/N=C(\C(=O)NC1C(=O)N2C(C(=O)OCSc3cc[n+](N(C)C(=O)c4ccccc4)cc3)=CCS[C@@H]12)c1csc(NC(c2ccccc2)(c2ccccc2)c2ccccc2)n1.[I-]. The van der Waals surface area contributed by atoms with Crippen LogP contribution in [-0.2, 0) is 29.5 Å². The highest BCUT2D eigenvalue weighted by atomic mass is 127. The van der Waals surface area contributed by atoms with Gasteiger partial charge in [0.05, 0.1) is 7.05 Å². The minimum atomic E-state index is -0.929. The fraction of sp³-hybridized carbons (Fsp3) is 0.152. The number of thiazole rings is 1. The summed E-state index contributed by atoms with van der Waals surface area (Å²) in [7, 11) is 3.01. The predicted octanol–water partition coefficient (Wildman–Crippen LogP) is 3.17. The van der Waals surface area contributed by atoms with Crippen LogP contribution in [-0.4, -0.2) is 76.6 Å². The number of rotatable bonds is 15. The van der Waals surface area contributed by atoms with E-state index in [1.54, 1.807) is 47.7 Å². The molecule has 13 nitrogen and oxygen atoms in total. The average molecular weight is 1010 g/mol. The van der Waals surface area contributed by atoms with Crippen molar-refractivity contribution in [2.24, 2.45) is 5.16 Å². The number of halogens is 1. The van der Waals surface area contributed by atoms with Gasteiger partial charge in [-0.15, -0.1) is 28.1 Å². The molecule has 1 saturated heterocycles. The van der Waals surface area contributed by atoms with Gasteiger partial charge in [-0.2, -0.15) is 0 Å². The molecular formula is C46H40IN7O6S3. The number of pyridine rings is 1. The van der Waals surface area contributed by atoms with Crippen molar-refractivity contribution in [2.75, 3.05) is 36.2 Å². The maximum absolute atomic E-state index is 13.9. The van der Waals surface area contributed by atoms with Crippen molar-refractivity contribution in [3.05, 3.63) is 191 Å². The first-order valence-corrected chi connectivity index (χ1v) is 22.3. The third kappa shape index (κ3) is 9.51. The molecule has 1 unspecified atom stereocenters. The Morgan fingerprint density at radius 1 is 0.889 bits per heavy atom. The zero-order valence-corrected chi connectivity index (χ0v) is 38.5. The maximum Gasteiger partial charge on any atom is 0.355 e. The molecule has 8 rings (SSSR count). The van der Waals surface area contributed by atoms with E-state index in [9.17, 15) is 19.2 Å². The Hall–Kier alpha value is -6.02. The first kappa shape index (κ1) is 45.0. The van der Waals surface area contributed by atoms with Crippen LogP contribution in [0.15, 0.2) is 173 Å². The van der Waals surface area contributed by atoms with Gasteiger partial charge in [-0.3, -0.25) is 19.3 Å². The van der Waals surface area contributed by atoms with Crippen LogP contribution in [0.2, 0.25) is 0 Å². The molecular weight excluding hydrogens is 970 g/mol. The number of aromatic nitrogens is 2. The van der Waals surface area contributed by atoms with Gasteiger partial charge in [0.15, 0.2) is 10.8 Å². The molecule has 6 aromatic rings. The van der Waals surface area contributed by atoms with E-state index in [1.165, 1.54) is 51.9 Å². The first-order valence-electron chi connectivity index (χ1n) is 19.4. The van der Waals surface area contributed by atoms with Crippen LogP contribution in [0.4, 0.5) is 5.13 Å². The summed E-state index contributed by atoms with van der Waals surface area (Å²) < 4.78 is 7.23. The second-order valence-electron chi connectivity index (χ2n) is 13.9. The standard InChI is InChI=1S/C46H39N7O6S3.HI/c1-51(41(55)31-15-7-3-8-16-31)52-26-23-35(24-27-52)62-30-59-44(57)37-25-28-60-43-39(42(56)53(37)43)48-40(54)38(50-58-2)36-29-61-45(47-36)49-46(32-17-9-4-10-18-32,33-19-11-5-12-20-33)34-21-13-6-14-22-34;/h3-27,29,39,43H,28,30H2,1-2H3,(H-,47,48,49,54);1H/b50-38-;/t39?,43-;/m0./s1. The van der Waals surface area contributed by atoms with Crippen LogP contribution >= 0.6 is 34.9 Å². The van der Waals surface area contributed by atoms with Crippen LogP contribution in [0, 0.1) is 0 Å². The van der Waals surface area contributed by atoms with Crippen molar-refractivity contribution in [3.63, 3.8) is 0 Å². The van der Waals surface area contributed by atoms with E-state index in [-0.39, 0.29) is 52.9 Å². The molecule has 17 heteroatoms. The van der Waals surface area contributed by atoms with E-state index in [0.29, 0.717) is 16.4 Å². The Morgan fingerprint density at radius 3 is 2.03 bits per heavy atom. The van der Waals surface area contributed by atoms with E-state index in [0.717, 1.165) is 21.6 Å². The predicted molar refractivity (Wildman–Crippen MR) is 240 cm³/mol. The van der Waals surface area contributed by atoms with Crippen molar-refractivity contribution < 1.29 is 57.4 Å². The molecule has 0 saturated carbocycles. The van der Waals surface area contributed by atoms with E-state index < -0.39 is 34.7 Å². The minimum Gasteiger partial charge on any atom is -1.00 e. The zero-order valence-electron chi connectivity index (χ0n) is 33.9. The number of fused-ring (bicyclic) bond motifs is 1. The van der Waals surface area contributed by atoms with Gasteiger partial charge in [-0.25, -0.2) is 9.78 Å². The number of hydrogen-bond donors (Lipinski definition) is 2. The summed E-state index contributed by atoms with van der Waals surface area (Å²) in [5.41, 5.74) is 2.94. The second kappa shape index (κ2) is 20.4. The van der Waals surface area contributed by atoms with Gasteiger partial charge in [-0.05, 0) is 34.9 Å². The number of carbonyl (C=O) groups is 4. The number of anilines is 1. The van der Waals surface area contributed by atoms with Gasteiger partial charge in [0.25, 0.3) is 11.8 Å². The highest BCUT2D eigenvalue weighted by molar-refractivity contribution is 8.00. The Morgan fingerprint density at radius 2 is 1.46 bits per heavy atom. The summed E-state index contributed by atoms with van der Waals surface area (Å²) >= 11 is 4.01. The summed E-state index contributed by atoms with van der Waals surface area (Å²) in [6, 6.07) is 41.9. The van der Waals surface area contributed by atoms with E-state index in [4.69, 9.17) is 14.6 Å². The van der Waals surface area contributed by atoms with Gasteiger partial charge >= 0.3 is 11.9 Å². The van der Waals surface area contributed by atoms with Gasteiger partial charge in [0.2, 0.25) is 12.4 Å². The van der Waals surface area contributed by atoms with Crippen LogP contribution in [0.3, 0.4) is 0 Å². The van der Waals surface area contributed by atoms with Gasteiger partial charge in [-0.1, -0.05) is 131 Å². The molecule has 2 aliphatic heterocycles. The van der Waals surface area contributed by atoms with Crippen LogP contribution < -0.4 is 44.3 Å². The molecule has 0 aliphatic carbocycles. The van der Waals surface area contributed by atoms with Gasteiger partial charge in [0.1, 0.15) is 41.4 Å². The Kier molecular flexibility index (Phi) is 14.6. The lowest BCUT2D eigenvalue weighted by Gasteiger charge is -2.48. The Labute approximate surface area is 393 Å². The molecule has 0 spiro atoms. The van der Waals surface area contributed by atoms with E-state index >= 15 is 0 Å². The second-order valence-corrected chi connectivity index (χ2v) is 16.9. The number of β-lactam (4-membered cyclic amide) rings is 1. The molecule has 2 aromatic heterocycles. The highest BCUT2D eigenvalue weighted by Crippen LogP contribution is 2.41. The van der Waals surface area contributed by atoms with Crippen LogP contribution in [0.1, 0.15) is 32.7 Å². The summed E-state index contributed by atoms with van der Waals surface area (Å²) in [4.78, 5) is 65.6. The smallest absolute Gasteiger partial charge is 0.355 e. The molecule has 0 radical (unpaired) electrons. The molecule has 2 N–H and O–H groups in total. The fourth-order valence-electron chi connectivity index (χ4n) is 7.21. The minimum absolute atomic E-state index is 0. The monoisotopic (exact) mass is 1010 g/mol. The van der Waals surface area contributed by atoms with Crippen LogP contribution in [0.5, 0.6) is 0 Å². The largest absolute Gasteiger partial charge is 1.00 e. The fourth-order valence-corrected chi connectivity index (χ4v) is 9.78. The summed E-state index contributed by atoms with van der Waals surface area (Å²) in [5, 5.41) is 13.7. The number of nitrogens with one attached hydrogen (secondary N) is 2. The summed E-state index contributed by atoms with van der Waals surface area (Å²) in [5.74, 6) is -1.51. The Balaban J connectivity index is 0.00000595. The molecule has 63 heavy (non-hydrogen) atoms. The summed E-state index contributed by atoms with van der Waals surface area (Å²) in [6.45, 7) is 0. The molecule has 2 atom stereocenters. The van der Waals surface area contributed by atoms with E-state index in [1.807, 2.05) is 84.9 Å².